The van der Waals surface area contributed by atoms with Gasteiger partial charge in [-0.1, -0.05) is 31.1 Å². The second-order valence-electron chi connectivity index (χ2n) is 8.78. The summed E-state index contributed by atoms with van der Waals surface area (Å²) in [7, 11) is 0. The fourth-order valence-electron chi connectivity index (χ4n) is 4.30. The van der Waals surface area contributed by atoms with Gasteiger partial charge in [0.15, 0.2) is 0 Å². The van der Waals surface area contributed by atoms with Gasteiger partial charge in [0, 0.05) is 31.9 Å². The Morgan fingerprint density at radius 3 is 2.53 bits per heavy atom. The number of carbonyl (C=O) groups is 2. The molecule has 1 aromatic carbocycles. The van der Waals surface area contributed by atoms with Crippen molar-refractivity contribution in [3.05, 3.63) is 59.3 Å². The minimum absolute atomic E-state index is 0.0458. The van der Waals surface area contributed by atoms with Gasteiger partial charge in [0.2, 0.25) is 5.91 Å². The number of rotatable bonds is 6. The molecule has 32 heavy (non-hydrogen) atoms. The Bertz CT molecular complexity index is 913. The van der Waals surface area contributed by atoms with Crippen LogP contribution in [0, 0.1) is 11.8 Å². The molecular weight excluding hydrogens is 419 g/mol. The number of amides is 2. The van der Waals surface area contributed by atoms with Crippen LogP contribution in [0.2, 0.25) is 0 Å². The predicted molar refractivity (Wildman–Crippen MR) is 115 cm³/mol. The molecule has 2 atom stereocenters. The zero-order valence-electron chi connectivity index (χ0n) is 17.8. The maximum absolute atomic E-state index is 13.2. The van der Waals surface area contributed by atoms with E-state index in [-0.39, 0.29) is 30.0 Å². The van der Waals surface area contributed by atoms with E-state index in [4.69, 9.17) is 0 Å². The van der Waals surface area contributed by atoms with E-state index < -0.39 is 17.6 Å². The van der Waals surface area contributed by atoms with Gasteiger partial charge in [-0.3, -0.25) is 9.59 Å². The zero-order chi connectivity index (χ0) is 22.7. The van der Waals surface area contributed by atoms with Gasteiger partial charge in [0.25, 0.3) is 5.91 Å². The summed E-state index contributed by atoms with van der Waals surface area (Å²) >= 11 is 0. The maximum Gasteiger partial charge on any atom is 0.417 e. The van der Waals surface area contributed by atoms with Gasteiger partial charge < -0.3 is 15.5 Å². The van der Waals surface area contributed by atoms with Gasteiger partial charge in [-0.05, 0) is 49.0 Å². The minimum atomic E-state index is -4.58. The van der Waals surface area contributed by atoms with Crippen molar-refractivity contribution in [1.29, 1.82) is 0 Å². The smallest absolute Gasteiger partial charge is 0.356 e. The van der Waals surface area contributed by atoms with Crippen molar-refractivity contribution in [3.63, 3.8) is 0 Å². The molecule has 0 bridgehead atoms. The first-order valence-corrected chi connectivity index (χ1v) is 11.2. The molecule has 0 aromatic heterocycles. The van der Waals surface area contributed by atoms with Crippen LogP contribution in [0.4, 0.5) is 13.2 Å². The Hall–Kier alpha value is -2.61. The highest BCUT2D eigenvalue weighted by atomic mass is 19.4. The molecule has 0 spiro atoms. The molecule has 3 aliphatic rings. The number of alkyl halides is 3. The van der Waals surface area contributed by atoms with Crippen molar-refractivity contribution >= 4 is 11.8 Å². The van der Waals surface area contributed by atoms with Crippen LogP contribution >= 0.6 is 0 Å². The molecule has 1 saturated carbocycles. The lowest BCUT2D eigenvalue weighted by Gasteiger charge is -2.32. The van der Waals surface area contributed by atoms with Crippen molar-refractivity contribution in [2.45, 2.75) is 44.3 Å². The molecule has 1 aromatic rings. The predicted octanol–water partition coefficient (Wildman–Crippen LogP) is 3.89. The molecule has 2 heterocycles. The van der Waals surface area contributed by atoms with Crippen molar-refractivity contribution in [3.8, 4) is 0 Å². The fourth-order valence-corrected chi connectivity index (χ4v) is 4.30. The number of carbonyl (C=O) groups excluding carboxylic acids is 2. The van der Waals surface area contributed by atoms with Crippen molar-refractivity contribution in [2.75, 3.05) is 19.6 Å². The standard InChI is InChI=1S/C24H28F3N3O2/c25-24(26,27)20-4-2-1-3-19(20)23(32)30-13-10-17(11-14-30)21-8-7-18(15-29-21)22(31)28-12-9-16-5-6-16/h1-4,10-11,13,16,18,21,29H,5-9,12,14-15H2,(H,28,31). The first-order chi connectivity index (χ1) is 15.3. The van der Waals surface area contributed by atoms with E-state index in [1.165, 1.54) is 35.9 Å². The molecule has 2 N–H and O–H groups in total. The average Bonchev–Trinajstić information content (AvgIpc) is 3.63. The summed E-state index contributed by atoms with van der Waals surface area (Å²) in [5, 5.41) is 6.44. The van der Waals surface area contributed by atoms with Crippen LogP contribution in [-0.4, -0.2) is 42.4 Å². The Kier molecular flexibility index (Phi) is 6.69. The molecule has 4 rings (SSSR count). The van der Waals surface area contributed by atoms with E-state index in [1.807, 2.05) is 6.08 Å². The molecule has 5 nitrogen and oxygen atoms in total. The Morgan fingerprint density at radius 2 is 1.91 bits per heavy atom. The maximum atomic E-state index is 13.2. The van der Waals surface area contributed by atoms with Crippen LogP contribution in [-0.2, 0) is 11.0 Å². The second-order valence-corrected chi connectivity index (χ2v) is 8.78. The molecular formula is C24H28F3N3O2. The zero-order valence-corrected chi connectivity index (χ0v) is 17.8. The third kappa shape index (κ3) is 5.41. The third-order valence-electron chi connectivity index (χ3n) is 6.43. The Morgan fingerprint density at radius 1 is 1.12 bits per heavy atom. The molecule has 2 amide bonds. The van der Waals surface area contributed by atoms with E-state index >= 15 is 0 Å². The van der Waals surface area contributed by atoms with Gasteiger partial charge in [0.1, 0.15) is 0 Å². The molecule has 1 aliphatic carbocycles. The van der Waals surface area contributed by atoms with Crippen LogP contribution in [0.5, 0.6) is 0 Å². The number of halogens is 3. The molecule has 8 heteroatoms. The molecule has 0 radical (unpaired) electrons. The third-order valence-corrected chi connectivity index (χ3v) is 6.43. The molecule has 1 saturated heterocycles. The molecule has 2 aliphatic heterocycles. The van der Waals surface area contributed by atoms with Crippen LogP contribution in [0.1, 0.15) is 48.0 Å². The molecule has 2 unspecified atom stereocenters. The highest BCUT2D eigenvalue weighted by molar-refractivity contribution is 5.96. The first-order valence-electron chi connectivity index (χ1n) is 11.2. The number of hydrogen-bond acceptors (Lipinski definition) is 3. The lowest BCUT2D eigenvalue weighted by Crippen LogP contribution is -2.46. The average molecular weight is 448 g/mol. The number of nitrogens with one attached hydrogen (secondary N) is 2. The van der Waals surface area contributed by atoms with Crippen LogP contribution < -0.4 is 10.6 Å². The van der Waals surface area contributed by atoms with Crippen LogP contribution in [0.25, 0.3) is 0 Å². The van der Waals surface area contributed by atoms with Gasteiger partial charge in [-0.15, -0.1) is 0 Å². The number of piperidine rings is 1. The van der Waals surface area contributed by atoms with Crippen molar-refractivity contribution in [1.82, 2.24) is 15.5 Å². The minimum Gasteiger partial charge on any atom is -0.356 e. The van der Waals surface area contributed by atoms with Gasteiger partial charge in [-0.25, -0.2) is 0 Å². The quantitative estimate of drug-likeness (QED) is 0.696. The van der Waals surface area contributed by atoms with Gasteiger partial charge in [-0.2, -0.15) is 13.2 Å². The van der Waals surface area contributed by atoms with Crippen molar-refractivity contribution < 1.29 is 22.8 Å². The van der Waals surface area contributed by atoms with Gasteiger partial charge in [0.05, 0.1) is 17.0 Å². The topological polar surface area (TPSA) is 61.4 Å². The fraction of sp³-hybridized carbons (Fsp3) is 0.500. The number of nitrogens with zero attached hydrogens (tertiary/aromatic N) is 1. The number of benzene rings is 1. The van der Waals surface area contributed by atoms with Gasteiger partial charge >= 0.3 is 6.18 Å². The largest absolute Gasteiger partial charge is 0.417 e. The summed E-state index contributed by atoms with van der Waals surface area (Å²) in [5.41, 5.74) is -0.290. The highest BCUT2D eigenvalue weighted by Crippen LogP contribution is 2.33. The molecule has 2 fully saturated rings. The summed E-state index contributed by atoms with van der Waals surface area (Å²) in [6, 6.07) is 4.91. The van der Waals surface area contributed by atoms with E-state index in [1.54, 1.807) is 12.3 Å². The molecule has 172 valence electrons. The summed E-state index contributed by atoms with van der Waals surface area (Å²) in [4.78, 5) is 26.3. The SMILES string of the molecule is O=C(NCCC1CC1)C1CCC(C2=CCN(C(=O)c3ccccc3C(F)(F)F)C=C2)NC1. The van der Waals surface area contributed by atoms with E-state index in [2.05, 4.69) is 10.6 Å². The Balaban J connectivity index is 1.29. The van der Waals surface area contributed by atoms with E-state index in [0.717, 1.165) is 43.4 Å². The van der Waals surface area contributed by atoms with Crippen molar-refractivity contribution in [2.24, 2.45) is 11.8 Å². The summed E-state index contributed by atoms with van der Waals surface area (Å²) in [6.07, 6.45) is 5.79. The van der Waals surface area contributed by atoms with E-state index in [9.17, 15) is 22.8 Å². The highest BCUT2D eigenvalue weighted by Gasteiger charge is 2.36. The van der Waals surface area contributed by atoms with E-state index in [0.29, 0.717) is 6.54 Å². The monoisotopic (exact) mass is 447 g/mol. The summed E-state index contributed by atoms with van der Waals surface area (Å²) in [5.74, 6) is 0.173. The van der Waals surface area contributed by atoms with Crippen LogP contribution in [0.3, 0.4) is 0 Å². The second kappa shape index (κ2) is 9.48. The lowest BCUT2D eigenvalue weighted by atomic mass is 9.89. The summed E-state index contributed by atoms with van der Waals surface area (Å²) < 4.78 is 39.7. The normalized spacial score (nSPS) is 23.6. The Labute approximate surface area is 185 Å². The first kappa shape index (κ1) is 22.6. The summed E-state index contributed by atoms with van der Waals surface area (Å²) in [6.45, 7) is 1.55. The number of hydrogen-bond donors (Lipinski definition) is 2. The lowest BCUT2D eigenvalue weighted by molar-refractivity contribution is -0.138. The van der Waals surface area contributed by atoms with Crippen LogP contribution in [0.15, 0.2) is 48.2 Å².